The summed E-state index contributed by atoms with van der Waals surface area (Å²) in [5.41, 5.74) is 4.42. The van der Waals surface area contributed by atoms with Crippen molar-refractivity contribution >= 4 is 11.6 Å². The molecule has 116 valence electrons. The molecule has 0 aliphatic carbocycles. The quantitative estimate of drug-likeness (QED) is 0.880. The number of amides is 1. The van der Waals surface area contributed by atoms with Gasteiger partial charge in [0.2, 0.25) is 5.91 Å². The first-order valence-corrected chi connectivity index (χ1v) is 7.71. The van der Waals surface area contributed by atoms with E-state index in [1.807, 2.05) is 44.2 Å². The number of benzene rings is 2. The Morgan fingerprint density at radius 3 is 2.27 bits per heavy atom. The smallest absolute Gasteiger partial charge is 0.238 e. The van der Waals surface area contributed by atoms with Crippen LogP contribution in [0.1, 0.15) is 23.6 Å². The van der Waals surface area contributed by atoms with Crippen molar-refractivity contribution in [1.29, 1.82) is 0 Å². The Bertz CT molecular complexity index is 602. The Morgan fingerprint density at radius 1 is 1.05 bits per heavy atom. The average Bonchev–Trinajstić information content (AvgIpc) is 2.46. The van der Waals surface area contributed by atoms with Gasteiger partial charge in [0, 0.05) is 12.2 Å². The second-order valence-corrected chi connectivity index (χ2v) is 5.71. The van der Waals surface area contributed by atoms with Gasteiger partial charge in [-0.05, 0) is 49.2 Å². The monoisotopic (exact) mass is 296 g/mol. The van der Waals surface area contributed by atoms with Crippen LogP contribution in [-0.4, -0.2) is 23.9 Å². The van der Waals surface area contributed by atoms with Crippen molar-refractivity contribution in [2.75, 3.05) is 18.4 Å². The van der Waals surface area contributed by atoms with Crippen LogP contribution in [-0.2, 0) is 11.3 Å². The zero-order valence-electron chi connectivity index (χ0n) is 13.6. The Hall–Kier alpha value is -2.13. The molecule has 3 heteroatoms. The molecule has 2 aromatic rings. The molecule has 0 spiro atoms. The molecule has 0 saturated carbocycles. The fraction of sp³-hybridized carbons (Fsp3) is 0.316. The average molecular weight is 296 g/mol. The van der Waals surface area contributed by atoms with E-state index in [1.165, 1.54) is 5.56 Å². The molecule has 0 saturated heterocycles. The Morgan fingerprint density at radius 2 is 1.68 bits per heavy atom. The highest BCUT2D eigenvalue weighted by Crippen LogP contribution is 2.14. The maximum Gasteiger partial charge on any atom is 0.238 e. The number of likely N-dealkylation sites (N-methyl/N-ethyl adjacent to an activating group) is 1. The largest absolute Gasteiger partial charge is 0.325 e. The molecular formula is C19H24N2O. The molecule has 2 aromatic carbocycles. The van der Waals surface area contributed by atoms with E-state index in [9.17, 15) is 4.79 Å². The molecule has 0 aliphatic rings. The molecule has 1 amide bonds. The van der Waals surface area contributed by atoms with Crippen molar-refractivity contribution in [3.8, 4) is 0 Å². The zero-order chi connectivity index (χ0) is 15.9. The third-order valence-corrected chi connectivity index (χ3v) is 3.57. The highest BCUT2D eigenvalue weighted by Gasteiger charge is 2.10. The summed E-state index contributed by atoms with van der Waals surface area (Å²) >= 11 is 0. The van der Waals surface area contributed by atoms with Gasteiger partial charge in [0.05, 0.1) is 6.54 Å². The second kappa shape index (κ2) is 7.76. The van der Waals surface area contributed by atoms with Crippen molar-refractivity contribution in [2.45, 2.75) is 27.3 Å². The van der Waals surface area contributed by atoms with Crippen LogP contribution >= 0.6 is 0 Å². The lowest BCUT2D eigenvalue weighted by atomic mass is 10.1. The zero-order valence-corrected chi connectivity index (χ0v) is 13.6. The normalized spacial score (nSPS) is 10.7. The van der Waals surface area contributed by atoms with Crippen LogP contribution in [0.5, 0.6) is 0 Å². The number of aryl methyl sites for hydroxylation is 2. The van der Waals surface area contributed by atoms with Gasteiger partial charge in [-0.3, -0.25) is 9.69 Å². The Balaban J connectivity index is 1.94. The molecule has 2 rings (SSSR count). The summed E-state index contributed by atoms with van der Waals surface area (Å²) in [5.74, 6) is 0.0304. The van der Waals surface area contributed by atoms with Gasteiger partial charge in [-0.25, -0.2) is 0 Å². The number of rotatable bonds is 6. The highest BCUT2D eigenvalue weighted by atomic mass is 16.2. The third kappa shape index (κ3) is 5.01. The van der Waals surface area contributed by atoms with Crippen LogP contribution in [0.4, 0.5) is 5.69 Å². The highest BCUT2D eigenvalue weighted by molar-refractivity contribution is 5.92. The van der Waals surface area contributed by atoms with Crippen LogP contribution < -0.4 is 5.32 Å². The number of nitrogens with zero attached hydrogens (tertiary/aromatic N) is 1. The summed E-state index contributed by atoms with van der Waals surface area (Å²) in [4.78, 5) is 14.4. The minimum Gasteiger partial charge on any atom is -0.325 e. The van der Waals surface area contributed by atoms with E-state index in [2.05, 4.69) is 35.3 Å². The molecular weight excluding hydrogens is 272 g/mol. The Labute approximate surface area is 133 Å². The first kappa shape index (κ1) is 16.2. The molecule has 22 heavy (non-hydrogen) atoms. The van der Waals surface area contributed by atoms with E-state index < -0.39 is 0 Å². The molecule has 0 radical (unpaired) electrons. The van der Waals surface area contributed by atoms with Crippen LogP contribution in [0.3, 0.4) is 0 Å². The van der Waals surface area contributed by atoms with E-state index in [0.29, 0.717) is 6.54 Å². The molecule has 0 aliphatic heterocycles. The van der Waals surface area contributed by atoms with E-state index in [-0.39, 0.29) is 5.91 Å². The first-order chi connectivity index (χ1) is 10.6. The summed E-state index contributed by atoms with van der Waals surface area (Å²) in [6.45, 7) is 8.19. The molecule has 0 aromatic heterocycles. The van der Waals surface area contributed by atoms with E-state index in [0.717, 1.165) is 29.9 Å². The fourth-order valence-electron chi connectivity index (χ4n) is 2.57. The molecule has 0 fully saturated rings. The maximum atomic E-state index is 12.2. The lowest BCUT2D eigenvalue weighted by Gasteiger charge is -2.20. The summed E-state index contributed by atoms with van der Waals surface area (Å²) in [7, 11) is 0. The van der Waals surface area contributed by atoms with Gasteiger partial charge in [0.1, 0.15) is 0 Å². The van der Waals surface area contributed by atoms with Crippen molar-refractivity contribution in [3.05, 3.63) is 65.2 Å². The fourth-order valence-corrected chi connectivity index (χ4v) is 2.57. The standard InChI is InChI=1S/C19H24N2O/c1-4-21(13-17-8-6-5-7-9-17)14-19(22)20-18-11-15(2)10-16(3)12-18/h5-12H,4,13-14H2,1-3H3,(H,20,22). The number of hydrogen-bond donors (Lipinski definition) is 1. The molecule has 0 heterocycles. The van der Waals surface area contributed by atoms with E-state index >= 15 is 0 Å². The van der Waals surface area contributed by atoms with Crippen LogP contribution in [0.2, 0.25) is 0 Å². The number of carbonyl (C=O) groups excluding carboxylic acids is 1. The summed E-state index contributed by atoms with van der Waals surface area (Å²) < 4.78 is 0. The molecule has 1 N–H and O–H groups in total. The number of nitrogens with one attached hydrogen (secondary N) is 1. The van der Waals surface area contributed by atoms with Gasteiger partial charge >= 0.3 is 0 Å². The molecule has 0 unspecified atom stereocenters. The number of hydrogen-bond acceptors (Lipinski definition) is 2. The molecule has 0 atom stereocenters. The second-order valence-electron chi connectivity index (χ2n) is 5.71. The SMILES string of the molecule is CCN(CC(=O)Nc1cc(C)cc(C)c1)Cc1ccccc1. The van der Waals surface area contributed by atoms with Crippen molar-refractivity contribution in [2.24, 2.45) is 0 Å². The van der Waals surface area contributed by atoms with Gasteiger partial charge < -0.3 is 5.32 Å². The van der Waals surface area contributed by atoms with Crippen LogP contribution in [0, 0.1) is 13.8 Å². The number of carbonyl (C=O) groups is 1. The minimum absolute atomic E-state index is 0.0304. The topological polar surface area (TPSA) is 32.3 Å². The minimum atomic E-state index is 0.0304. The predicted octanol–water partition coefficient (Wildman–Crippen LogP) is 3.76. The summed E-state index contributed by atoms with van der Waals surface area (Å²) in [6.07, 6.45) is 0. The third-order valence-electron chi connectivity index (χ3n) is 3.57. The van der Waals surface area contributed by atoms with Gasteiger partial charge in [0.25, 0.3) is 0 Å². The van der Waals surface area contributed by atoms with Crippen LogP contribution in [0.15, 0.2) is 48.5 Å². The molecule has 0 bridgehead atoms. The predicted molar refractivity (Wildman–Crippen MR) is 91.9 cm³/mol. The van der Waals surface area contributed by atoms with Gasteiger partial charge in [-0.2, -0.15) is 0 Å². The van der Waals surface area contributed by atoms with Gasteiger partial charge in [0.15, 0.2) is 0 Å². The Kier molecular flexibility index (Phi) is 5.73. The lowest BCUT2D eigenvalue weighted by Crippen LogP contribution is -2.32. The van der Waals surface area contributed by atoms with E-state index in [4.69, 9.17) is 0 Å². The van der Waals surface area contributed by atoms with Gasteiger partial charge in [-0.15, -0.1) is 0 Å². The van der Waals surface area contributed by atoms with Gasteiger partial charge in [-0.1, -0.05) is 43.3 Å². The summed E-state index contributed by atoms with van der Waals surface area (Å²) in [6, 6.07) is 16.3. The van der Waals surface area contributed by atoms with Crippen LogP contribution in [0.25, 0.3) is 0 Å². The van der Waals surface area contributed by atoms with E-state index in [1.54, 1.807) is 0 Å². The number of anilines is 1. The van der Waals surface area contributed by atoms with Crippen molar-refractivity contribution < 1.29 is 4.79 Å². The first-order valence-electron chi connectivity index (χ1n) is 7.71. The molecule has 3 nitrogen and oxygen atoms in total. The maximum absolute atomic E-state index is 12.2. The van der Waals surface area contributed by atoms with Crippen molar-refractivity contribution in [1.82, 2.24) is 4.90 Å². The lowest BCUT2D eigenvalue weighted by molar-refractivity contribution is -0.117. The van der Waals surface area contributed by atoms with Crippen molar-refractivity contribution in [3.63, 3.8) is 0 Å². The summed E-state index contributed by atoms with van der Waals surface area (Å²) in [5, 5.41) is 2.99.